The smallest absolute Gasteiger partial charge is 0.116 e. The van der Waals surface area contributed by atoms with E-state index in [1.54, 1.807) is 0 Å². The van der Waals surface area contributed by atoms with Crippen molar-refractivity contribution < 1.29 is 4.84 Å². The van der Waals surface area contributed by atoms with Gasteiger partial charge in [0.25, 0.3) is 0 Å². The Morgan fingerprint density at radius 2 is 2.08 bits per heavy atom. The molecule has 0 aromatic rings. The lowest BCUT2D eigenvalue weighted by Gasteiger charge is -2.08. The van der Waals surface area contributed by atoms with Crippen LogP contribution in [0.5, 0.6) is 0 Å². The summed E-state index contributed by atoms with van der Waals surface area (Å²) in [7, 11) is 4.17. The highest BCUT2D eigenvalue weighted by molar-refractivity contribution is 5.81. The van der Waals surface area contributed by atoms with Gasteiger partial charge in [0.2, 0.25) is 0 Å². The van der Waals surface area contributed by atoms with Crippen molar-refractivity contribution in [3.8, 4) is 0 Å². The predicted molar refractivity (Wildman–Crippen MR) is 57.1 cm³/mol. The molecule has 3 nitrogen and oxygen atoms in total. The van der Waals surface area contributed by atoms with Crippen LogP contribution in [-0.4, -0.2) is 37.9 Å². The molecule has 3 heteroatoms. The lowest BCUT2D eigenvalue weighted by atomic mass is 10.2. The van der Waals surface area contributed by atoms with Crippen molar-refractivity contribution in [1.82, 2.24) is 4.90 Å². The van der Waals surface area contributed by atoms with Crippen molar-refractivity contribution in [2.24, 2.45) is 5.16 Å². The summed E-state index contributed by atoms with van der Waals surface area (Å²) in [5.41, 5.74) is 1.09. The normalized spacial score (nSPS) is 12.2. The monoisotopic (exact) mass is 186 g/mol. The van der Waals surface area contributed by atoms with Crippen LogP contribution in [0.2, 0.25) is 0 Å². The van der Waals surface area contributed by atoms with Crippen molar-refractivity contribution in [2.45, 2.75) is 33.1 Å². The minimum Gasteiger partial charge on any atom is -0.396 e. The fourth-order valence-corrected chi connectivity index (χ4v) is 0.944. The van der Waals surface area contributed by atoms with Crippen LogP contribution in [0.3, 0.4) is 0 Å². The number of oxime groups is 1. The van der Waals surface area contributed by atoms with Gasteiger partial charge in [-0.15, -0.1) is 0 Å². The second kappa shape index (κ2) is 8.05. The fraction of sp³-hybridized carbons (Fsp3) is 0.900. The molecule has 0 unspecified atom stereocenters. The molecule has 0 fully saturated rings. The van der Waals surface area contributed by atoms with E-state index in [1.165, 1.54) is 0 Å². The highest BCUT2D eigenvalue weighted by atomic mass is 16.6. The summed E-state index contributed by atoms with van der Waals surface area (Å²) in [6, 6.07) is 0. The average molecular weight is 186 g/mol. The van der Waals surface area contributed by atoms with E-state index in [1.807, 2.05) is 6.92 Å². The maximum Gasteiger partial charge on any atom is 0.116 e. The standard InChI is InChI=1S/C10H22N2O/c1-5-9-13-11-10(2)7-6-8-12(3)4/h5-9H2,1-4H3/b11-10-. The Balaban J connectivity index is 3.38. The SMILES string of the molecule is CCCO/N=C(/C)CCCN(C)C. The molecule has 0 aliphatic heterocycles. The van der Waals surface area contributed by atoms with Gasteiger partial charge in [0.05, 0.1) is 5.71 Å². The summed E-state index contributed by atoms with van der Waals surface area (Å²) in [6.07, 6.45) is 3.20. The maximum absolute atomic E-state index is 5.08. The number of hydrogen-bond acceptors (Lipinski definition) is 3. The molecule has 0 atom stereocenters. The minimum absolute atomic E-state index is 0.727. The van der Waals surface area contributed by atoms with Gasteiger partial charge in [-0.1, -0.05) is 12.1 Å². The van der Waals surface area contributed by atoms with E-state index in [0.717, 1.165) is 38.1 Å². The van der Waals surface area contributed by atoms with E-state index in [2.05, 4.69) is 31.1 Å². The van der Waals surface area contributed by atoms with E-state index < -0.39 is 0 Å². The molecule has 0 aliphatic carbocycles. The van der Waals surface area contributed by atoms with E-state index in [4.69, 9.17) is 4.84 Å². The van der Waals surface area contributed by atoms with Crippen LogP contribution < -0.4 is 0 Å². The highest BCUT2D eigenvalue weighted by Crippen LogP contribution is 1.95. The lowest BCUT2D eigenvalue weighted by molar-refractivity contribution is 0.144. The van der Waals surface area contributed by atoms with E-state index in [-0.39, 0.29) is 0 Å². The van der Waals surface area contributed by atoms with E-state index in [9.17, 15) is 0 Å². The van der Waals surface area contributed by atoms with Crippen LogP contribution in [0, 0.1) is 0 Å². The van der Waals surface area contributed by atoms with Crippen molar-refractivity contribution >= 4 is 5.71 Å². The van der Waals surface area contributed by atoms with Crippen LogP contribution in [-0.2, 0) is 4.84 Å². The van der Waals surface area contributed by atoms with Gasteiger partial charge in [-0.2, -0.15) is 0 Å². The Hall–Kier alpha value is -0.570. The molecule has 0 aliphatic rings. The van der Waals surface area contributed by atoms with Gasteiger partial charge in [0.15, 0.2) is 0 Å². The van der Waals surface area contributed by atoms with E-state index in [0.29, 0.717) is 0 Å². The first-order valence-electron chi connectivity index (χ1n) is 4.97. The Labute approximate surface area is 81.7 Å². The van der Waals surface area contributed by atoms with Gasteiger partial charge < -0.3 is 9.74 Å². The lowest BCUT2D eigenvalue weighted by Crippen LogP contribution is -2.13. The molecule has 0 aromatic heterocycles. The zero-order chi connectivity index (χ0) is 10.1. The van der Waals surface area contributed by atoms with E-state index >= 15 is 0 Å². The summed E-state index contributed by atoms with van der Waals surface area (Å²) >= 11 is 0. The maximum atomic E-state index is 5.08. The first-order chi connectivity index (χ1) is 6.16. The van der Waals surface area contributed by atoms with Crippen LogP contribution in [0.4, 0.5) is 0 Å². The van der Waals surface area contributed by atoms with Crippen molar-refractivity contribution in [3.63, 3.8) is 0 Å². The molecule has 13 heavy (non-hydrogen) atoms. The van der Waals surface area contributed by atoms with Gasteiger partial charge in [-0.3, -0.25) is 0 Å². The molecular formula is C10H22N2O. The molecular weight excluding hydrogens is 164 g/mol. The molecule has 0 rings (SSSR count). The third kappa shape index (κ3) is 9.34. The Morgan fingerprint density at radius 3 is 2.62 bits per heavy atom. The van der Waals surface area contributed by atoms with Crippen molar-refractivity contribution in [2.75, 3.05) is 27.2 Å². The zero-order valence-corrected chi connectivity index (χ0v) is 9.34. The predicted octanol–water partition coefficient (Wildman–Crippen LogP) is 2.13. The van der Waals surface area contributed by atoms with Crippen LogP contribution in [0.15, 0.2) is 5.16 Å². The average Bonchev–Trinajstić information content (AvgIpc) is 2.04. The molecule has 0 spiro atoms. The fourth-order valence-electron chi connectivity index (χ4n) is 0.944. The van der Waals surface area contributed by atoms with Gasteiger partial charge in [-0.25, -0.2) is 0 Å². The highest BCUT2D eigenvalue weighted by Gasteiger charge is 1.94. The van der Waals surface area contributed by atoms with Crippen LogP contribution in [0.1, 0.15) is 33.1 Å². The molecule has 0 bridgehead atoms. The molecule has 0 heterocycles. The summed E-state index contributed by atoms with van der Waals surface area (Å²) in [4.78, 5) is 7.26. The number of nitrogens with zero attached hydrogens (tertiary/aromatic N) is 2. The Kier molecular flexibility index (Phi) is 7.69. The summed E-state index contributed by atoms with van der Waals surface area (Å²) in [5.74, 6) is 0. The second-order valence-electron chi connectivity index (χ2n) is 3.57. The second-order valence-corrected chi connectivity index (χ2v) is 3.57. The Bertz CT molecular complexity index is 144. The summed E-state index contributed by atoms with van der Waals surface area (Å²) in [5, 5.41) is 4.01. The van der Waals surface area contributed by atoms with Crippen LogP contribution in [0.25, 0.3) is 0 Å². The molecule has 0 radical (unpaired) electrons. The van der Waals surface area contributed by atoms with Gasteiger partial charge in [0, 0.05) is 0 Å². The molecule has 0 N–H and O–H groups in total. The summed E-state index contributed by atoms with van der Waals surface area (Å²) in [6.45, 7) is 5.94. The minimum atomic E-state index is 0.727. The summed E-state index contributed by atoms with van der Waals surface area (Å²) < 4.78 is 0. The number of hydrogen-bond donors (Lipinski definition) is 0. The molecule has 0 amide bonds. The van der Waals surface area contributed by atoms with Gasteiger partial charge in [0.1, 0.15) is 6.61 Å². The first kappa shape index (κ1) is 12.4. The zero-order valence-electron chi connectivity index (χ0n) is 9.34. The number of rotatable bonds is 7. The quantitative estimate of drug-likeness (QED) is 0.346. The third-order valence-electron chi connectivity index (χ3n) is 1.66. The van der Waals surface area contributed by atoms with Crippen molar-refractivity contribution in [3.05, 3.63) is 0 Å². The van der Waals surface area contributed by atoms with Gasteiger partial charge >= 0.3 is 0 Å². The molecule has 0 aromatic carbocycles. The topological polar surface area (TPSA) is 24.8 Å². The first-order valence-corrected chi connectivity index (χ1v) is 4.97. The molecule has 0 saturated heterocycles. The largest absolute Gasteiger partial charge is 0.396 e. The van der Waals surface area contributed by atoms with Crippen molar-refractivity contribution in [1.29, 1.82) is 0 Å². The third-order valence-corrected chi connectivity index (χ3v) is 1.66. The molecule has 0 saturated carbocycles. The van der Waals surface area contributed by atoms with Gasteiger partial charge in [-0.05, 0) is 46.8 Å². The Morgan fingerprint density at radius 1 is 1.38 bits per heavy atom. The molecule has 78 valence electrons. The van der Waals surface area contributed by atoms with Crippen LogP contribution >= 0.6 is 0 Å².